The predicted octanol–water partition coefficient (Wildman–Crippen LogP) is 3.86. The minimum Gasteiger partial charge on any atom is -0.374 e. The molecule has 1 N–H and O–H groups in total. The van der Waals surface area contributed by atoms with Gasteiger partial charge in [-0.05, 0) is 23.1 Å². The Morgan fingerprint density at radius 3 is 2.45 bits per heavy atom. The van der Waals surface area contributed by atoms with Gasteiger partial charge in [0.2, 0.25) is 0 Å². The second-order valence-electron chi connectivity index (χ2n) is 6.84. The quantitative estimate of drug-likeness (QED) is 0.781. The number of hydrogen-bond donors (Lipinski definition) is 1. The standard InChI is InChI=1S/C15H18F3NO/c1-13(2,3)12-14(8-20-12)7-9-10(15(16,17)18)5-4-6-11(9)19-14/h4-6,12,19H,7-8H2,1-3H3. The minimum atomic E-state index is -4.31. The van der Waals surface area contributed by atoms with Gasteiger partial charge in [0.25, 0.3) is 0 Å². The molecule has 0 aromatic heterocycles. The summed E-state index contributed by atoms with van der Waals surface area (Å²) in [4.78, 5) is 0. The molecule has 2 unspecified atom stereocenters. The zero-order valence-electron chi connectivity index (χ0n) is 11.8. The molecule has 1 aromatic rings. The molecule has 0 radical (unpaired) electrons. The summed E-state index contributed by atoms with van der Waals surface area (Å²) in [6.45, 7) is 6.61. The van der Waals surface area contributed by atoms with E-state index in [2.05, 4.69) is 5.32 Å². The molecular formula is C15H18F3NO. The highest BCUT2D eigenvalue weighted by Crippen LogP contribution is 2.49. The summed E-state index contributed by atoms with van der Waals surface area (Å²) in [5.74, 6) is 0. The van der Waals surface area contributed by atoms with Crippen LogP contribution in [0.4, 0.5) is 18.9 Å². The van der Waals surface area contributed by atoms with Crippen molar-refractivity contribution in [3.8, 4) is 0 Å². The Morgan fingerprint density at radius 2 is 1.95 bits per heavy atom. The average Bonchev–Trinajstić information content (AvgIpc) is 2.64. The van der Waals surface area contributed by atoms with E-state index in [1.54, 1.807) is 6.07 Å². The lowest BCUT2D eigenvalue weighted by Crippen LogP contribution is -2.67. The van der Waals surface area contributed by atoms with Crippen molar-refractivity contribution in [1.29, 1.82) is 0 Å². The number of ether oxygens (including phenoxy) is 1. The van der Waals surface area contributed by atoms with Crippen LogP contribution in [0.2, 0.25) is 0 Å². The first kappa shape index (κ1) is 13.7. The Kier molecular flexibility index (Phi) is 2.68. The zero-order chi connectivity index (χ0) is 14.8. The summed E-state index contributed by atoms with van der Waals surface area (Å²) in [6.07, 6.45) is -4.01. The van der Waals surface area contributed by atoms with Gasteiger partial charge in [-0.15, -0.1) is 0 Å². The lowest BCUT2D eigenvalue weighted by atomic mass is 9.71. The largest absolute Gasteiger partial charge is 0.416 e. The van der Waals surface area contributed by atoms with E-state index in [1.165, 1.54) is 6.07 Å². The number of rotatable bonds is 0. The molecule has 2 heterocycles. The maximum Gasteiger partial charge on any atom is 0.416 e. The Morgan fingerprint density at radius 1 is 1.25 bits per heavy atom. The Bertz CT molecular complexity index is 547. The van der Waals surface area contributed by atoms with Crippen molar-refractivity contribution in [2.24, 2.45) is 5.41 Å². The molecular weight excluding hydrogens is 267 g/mol. The van der Waals surface area contributed by atoms with Crippen molar-refractivity contribution in [3.63, 3.8) is 0 Å². The van der Waals surface area contributed by atoms with Crippen molar-refractivity contribution in [2.45, 2.75) is 45.0 Å². The van der Waals surface area contributed by atoms with Gasteiger partial charge in [-0.1, -0.05) is 26.8 Å². The molecule has 3 rings (SSSR count). The fourth-order valence-electron chi connectivity index (χ4n) is 3.48. The molecule has 0 amide bonds. The fraction of sp³-hybridized carbons (Fsp3) is 0.600. The van der Waals surface area contributed by atoms with Gasteiger partial charge in [0.15, 0.2) is 0 Å². The molecule has 1 spiro atoms. The summed E-state index contributed by atoms with van der Waals surface area (Å²) < 4.78 is 44.9. The van der Waals surface area contributed by atoms with E-state index >= 15 is 0 Å². The third kappa shape index (κ3) is 1.91. The van der Waals surface area contributed by atoms with Gasteiger partial charge < -0.3 is 10.1 Å². The lowest BCUT2D eigenvalue weighted by Gasteiger charge is -2.53. The van der Waals surface area contributed by atoms with Crippen LogP contribution in [0.25, 0.3) is 0 Å². The van der Waals surface area contributed by atoms with Crippen molar-refractivity contribution in [1.82, 2.24) is 0 Å². The van der Waals surface area contributed by atoms with Gasteiger partial charge in [-0.2, -0.15) is 13.2 Å². The maximum absolute atomic E-state index is 13.1. The summed E-state index contributed by atoms with van der Waals surface area (Å²) in [5, 5.41) is 3.29. The summed E-state index contributed by atoms with van der Waals surface area (Å²) in [7, 11) is 0. The molecule has 5 heteroatoms. The molecule has 0 saturated carbocycles. The Hall–Kier alpha value is -1.23. The van der Waals surface area contributed by atoms with E-state index in [0.29, 0.717) is 24.3 Å². The maximum atomic E-state index is 13.1. The van der Waals surface area contributed by atoms with Crippen LogP contribution in [0.5, 0.6) is 0 Å². The van der Waals surface area contributed by atoms with E-state index in [0.717, 1.165) is 6.07 Å². The molecule has 2 aliphatic heterocycles. The molecule has 0 aliphatic carbocycles. The number of anilines is 1. The molecule has 2 aliphatic rings. The van der Waals surface area contributed by atoms with E-state index in [4.69, 9.17) is 4.74 Å². The van der Waals surface area contributed by atoms with Crippen LogP contribution in [0.15, 0.2) is 18.2 Å². The van der Waals surface area contributed by atoms with Crippen molar-refractivity contribution < 1.29 is 17.9 Å². The minimum absolute atomic E-state index is 0.0801. The average molecular weight is 285 g/mol. The molecule has 0 bridgehead atoms. The first-order chi connectivity index (χ1) is 9.13. The van der Waals surface area contributed by atoms with Crippen LogP contribution < -0.4 is 5.32 Å². The van der Waals surface area contributed by atoms with Crippen LogP contribution in [0.3, 0.4) is 0 Å². The first-order valence-electron chi connectivity index (χ1n) is 6.72. The van der Waals surface area contributed by atoms with Crippen LogP contribution in [0.1, 0.15) is 31.9 Å². The topological polar surface area (TPSA) is 21.3 Å². The number of hydrogen-bond acceptors (Lipinski definition) is 2. The smallest absolute Gasteiger partial charge is 0.374 e. The Labute approximate surface area is 116 Å². The van der Waals surface area contributed by atoms with E-state index in [-0.39, 0.29) is 17.1 Å². The van der Waals surface area contributed by atoms with Gasteiger partial charge in [0.05, 0.1) is 23.8 Å². The summed E-state index contributed by atoms with van der Waals surface area (Å²) in [5.41, 5.74) is -0.0537. The first-order valence-corrected chi connectivity index (χ1v) is 6.72. The van der Waals surface area contributed by atoms with Gasteiger partial charge in [-0.3, -0.25) is 0 Å². The highest BCUT2D eigenvalue weighted by Gasteiger charge is 2.57. The molecule has 110 valence electrons. The second-order valence-corrected chi connectivity index (χ2v) is 6.84. The van der Waals surface area contributed by atoms with E-state index in [9.17, 15) is 13.2 Å². The number of nitrogens with one attached hydrogen (secondary N) is 1. The fourth-order valence-corrected chi connectivity index (χ4v) is 3.48. The number of fused-ring (bicyclic) bond motifs is 1. The monoisotopic (exact) mass is 285 g/mol. The van der Waals surface area contributed by atoms with Crippen molar-refractivity contribution in [3.05, 3.63) is 29.3 Å². The third-order valence-electron chi connectivity index (χ3n) is 4.15. The molecule has 2 atom stereocenters. The molecule has 2 nitrogen and oxygen atoms in total. The second kappa shape index (κ2) is 3.91. The number of benzene rings is 1. The van der Waals surface area contributed by atoms with Gasteiger partial charge in [0.1, 0.15) is 0 Å². The lowest BCUT2D eigenvalue weighted by molar-refractivity contribution is -0.169. The van der Waals surface area contributed by atoms with E-state index in [1.807, 2.05) is 20.8 Å². The number of halogens is 3. The third-order valence-corrected chi connectivity index (χ3v) is 4.15. The van der Waals surface area contributed by atoms with Crippen LogP contribution in [-0.4, -0.2) is 18.2 Å². The van der Waals surface area contributed by atoms with Crippen LogP contribution in [0, 0.1) is 5.41 Å². The number of alkyl halides is 3. The normalized spacial score (nSPS) is 29.0. The van der Waals surface area contributed by atoms with Crippen LogP contribution in [-0.2, 0) is 17.3 Å². The molecule has 1 fully saturated rings. The highest BCUT2D eigenvalue weighted by atomic mass is 19.4. The molecule has 20 heavy (non-hydrogen) atoms. The van der Waals surface area contributed by atoms with Crippen LogP contribution >= 0.6 is 0 Å². The predicted molar refractivity (Wildman–Crippen MR) is 70.7 cm³/mol. The van der Waals surface area contributed by atoms with Gasteiger partial charge >= 0.3 is 6.18 Å². The molecule has 1 saturated heterocycles. The zero-order valence-corrected chi connectivity index (χ0v) is 11.8. The van der Waals surface area contributed by atoms with Gasteiger partial charge in [-0.25, -0.2) is 0 Å². The van der Waals surface area contributed by atoms with Gasteiger partial charge in [0, 0.05) is 12.1 Å². The highest BCUT2D eigenvalue weighted by molar-refractivity contribution is 5.63. The summed E-state index contributed by atoms with van der Waals surface area (Å²) in [6, 6.07) is 4.34. The summed E-state index contributed by atoms with van der Waals surface area (Å²) >= 11 is 0. The van der Waals surface area contributed by atoms with Crippen molar-refractivity contribution in [2.75, 3.05) is 11.9 Å². The van der Waals surface area contributed by atoms with Crippen molar-refractivity contribution >= 4 is 5.69 Å². The Balaban J connectivity index is 1.98. The SMILES string of the molecule is CC(C)(C)C1OCC12Cc1c(cccc1C(F)(F)F)N2. The molecule has 1 aromatic carbocycles. The van der Waals surface area contributed by atoms with E-state index < -0.39 is 11.7 Å².